The molecule has 1 unspecified atom stereocenters. The van der Waals surface area contributed by atoms with Crippen LogP contribution in [0.15, 0.2) is 5.38 Å². The lowest BCUT2D eigenvalue weighted by Gasteiger charge is -2.28. The Hall–Kier alpha value is -0.980. The number of amides is 1. The maximum absolute atomic E-state index is 12.7. The molecule has 2 saturated heterocycles. The second-order valence-electron chi connectivity index (χ2n) is 5.97. The van der Waals surface area contributed by atoms with Crippen molar-refractivity contribution in [3.63, 3.8) is 0 Å². The number of carbonyl (C=O) groups excluding carboxylic acids is 1. The maximum atomic E-state index is 12.7. The number of carbonyl (C=O) groups is 1. The lowest BCUT2D eigenvalue weighted by molar-refractivity contribution is 0.0703. The Balaban J connectivity index is 1.64. The number of hydrogen-bond donors (Lipinski definition) is 1. The summed E-state index contributed by atoms with van der Waals surface area (Å²) in [5.41, 5.74) is 6.16. The summed E-state index contributed by atoms with van der Waals surface area (Å²) < 4.78 is 0. The summed E-state index contributed by atoms with van der Waals surface area (Å²) in [6.45, 7) is 4.88. The third-order valence-corrected chi connectivity index (χ3v) is 5.34. The van der Waals surface area contributed by atoms with E-state index in [0.717, 1.165) is 37.4 Å². The van der Waals surface area contributed by atoms with Gasteiger partial charge in [0, 0.05) is 30.9 Å². The minimum Gasteiger partial charge on any atom is -0.333 e. The highest BCUT2D eigenvalue weighted by molar-refractivity contribution is 7.09. The van der Waals surface area contributed by atoms with Crippen LogP contribution in [0.2, 0.25) is 0 Å². The second-order valence-corrected chi connectivity index (χ2v) is 6.91. The maximum Gasteiger partial charge on any atom is 0.273 e. The van der Waals surface area contributed by atoms with Crippen LogP contribution in [0.3, 0.4) is 0 Å². The Bertz CT molecular complexity index is 484. The highest BCUT2D eigenvalue weighted by atomic mass is 32.1. The molecule has 3 heterocycles. The number of nitrogens with two attached hydrogens (primary N) is 1. The van der Waals surface area contributed by atoms with Crippen molar-refractivity contribution >= 4 is 17.2 Å². The van der Waals surface area contributed by atoms with Gasteiger partial charge >= 0.3 is 0 Å². The van der Waals surface area contributed by atoms with E-state index >= 15 is 0 Å². The summed E-state index contributed by atoms with van der Waals surface area (Å²) in [6.07, 6.45) is 5.60. The Labute approximate surface area is 130 Å². The van der Waals surface area contributed by atoms with Gasteiger partial charge in [-0.15, -0.1) is 11.3 Å². The molecule has 1 aromatic heterocycles. The molecule has 0 aromatic carbocycles. The van der Waals surface area contributed by atoms with Gasteiger partial charge in [0.05, 0.1) is 5.01 Å². The Morgan fingerprint density at radius 2 is 2.14 bits per heavy atom. The van der Waals surface area contributed by atoms with Gasteiger partial charge in [-0.3, -0.25) is 4.79 Å². The van der Waals surface area contributed by atoms with E-state index in [-0.39, 0.29) is 5.91 Å². The van der Waals surface area contributed by atoms with Crippen LogP contribution in [0.25, 0.3) is 0 Å². The zero-order chi connectivity index (χ0) is 14.7. The van der Waals surface area contributed by atoms with Gasteiger partial charge in [-0.2, -0.15) is 0 Å². The van der Waals surface area contributed by atoms with Gasteiger partial charge in [-0.05, 0) is 45.3 Å². The number of likely N-dealkylation sites (tertiary alicyclic amines) is 2. The predicted molar refractivity (Wildman–Crippen MR) is 84.6 cm³/mol. The Morgan fingerprint density at radius 3 is 2.90 bits per heavy atom. The standard InChI is InChI=1S/C15H24N4OS/c16-6-5-14-17-13(11-21-14)15(20)19-9-3-4-12(19)10-18-7-1-2-8-18/h11-12H,1-10,16H2. The van der Waals surface area contributed by atoms with Crippen molar-refractivity contribution < 1.29 is 4.79 Å². The van der Waals surface area contributed by atoms with E-state index in [1.165, 1.54) is 25.9 Å². The van der Waals surface area contributed by atoms with Crippen LogP contribution in [0.5, 0.6) is 0 Å². The van der Waals surface area contributed by atoms with Crippen molar-refractivity contribution in [3.8, 4) is 0 Å². The van der Waals surface area contributed by atoms with Crippen LogP contribution < -0.4 is 5.73 Å². The Kier molecular flexibility index (Phi) is 4.87. The normalized spacial score (nSPS) is 23.1. The average Bonchev–Trinajstić information content (AvgIpc) is 3.20. The number of nitrogens with zero attached hydrogens (tertiary/aromatic N) is 3. The molecule has 0 saturated carbocycles. The number of aromatic nitrogens is 1. The molecule has 2 aliphatic rings. The third-order valence-electron chi connectivity index (χ3n) is 4.43. The first-order valence-electron chi connectivity index (χ1n) is 7.95. The van der Waals surface area contributed by atoms with Crippen LogP contribution in [0, 0.1) is 0 Å². The van der Waals surface area contributed by atoms with Crippen molar-refractivity contribution in [3.05, 3.63) is 16.1 Å². The monoisotopic (exact) mass is 308 g/mol. The van der Waals surface area contributed by atoms with E-state index in [0.29, 0.717) is 18.3 Å². The summed E-state index contributed by atoms with van der Waals surface area (Å²) in [4.78, 5) is 21.7. The van der Waals surface area contributed by atoms with Crippen LogP contribution in [-0.2, 0) is 6.42 Å². The summed E-state index contributed by atoms with van der Waals surface area (Å²) in [5, 5.41) is 2.86. The van der Waals surface area contributed by atoms with Gasteiger partial charge in [0.1, 0.15) is 5.69 Å². The van der Waals surface area contributed by atoms with Crippen molar-refractivity contribution in [1.29, 1.82) is 0 Å². The van der Waals surface area contributed by atoms with E-state index in [9.17, 15) is 4.79 Å². The highest BCUT2D eigenvalue weighted by Crippen LogP contribution is 2.23. The first-order chi connectivity index (χ1) is 10.3. The highest BCUT2D eigenvalue weighted by Gasteiger charge is 2.32. The predicted octanol–water partition coefficient (Wildman–Crippen LogP) is 1.34. The fourth-order valence-corrected chi connectivity index (χ4v) is 4.14. The molecule has 3 rings (SSSR count). The van der Waals surface area contributed by atoms with Gasteiger partial charge in [0.25, 0.3) is 5.91 Å². The molecule has 1 amide bonds. The minimum absolute atomic E-state index is 0.108. The molecule has 1 atom stereocenters. The first-order valence-corrected chi connectivity index (χ1v) is 8.83. The minimum atomic E-state index is 0.108. The fraction of sp³-hybridized carbons (Fsp3) is 0.733. The summed E-state index contributed by atoms with van der Waals surface area (Å²) >= 11 is 1.55. The summed E-state index contributed by atoms with van der Waals surface area (Å²) in [5.74, 6) is 0.108. The van der Waals surface area contributed by atoms with Crippen LogP contribution >= 0.6 is 11.3 Å². The molecular formula is C15H24N4OS. The third kappa shape index (κ3) is 3.44. The summed E-state index contributed by atoms with van der Waals surface area (Å²) in [6, 6.07) is 0.371. The number of hydrogen-bond acceptors (Lipinski definition) is 5. The molecule has 2 aliphatic heterocycles. The van der Waals surface area contributed by atoms with Gasteiger partial charge in [-0.1, -0.05) is 0 Å². The van der Waals surface area contributed by atoms with Gasteiger partial charge in [0.15, 0.2) is 0 Å². The Morgan fingerprint density at radius 1 is 1.33 bits per heavy atom. The van der Waals surface area contributed by atoms with Crippen molar-refractivity contribution in [1.82, 2.24) is 14.8 Å². The molecule has 5 nitrogen and oxygen atoms in total. The molecule has 116 valence electrons. The first kappa shape index (κ1) is 14.9. The molecule has 2 N–H and O–H groups in total. The number of rotatable bonds is 5. The van der Waals surface area contributed by atoms with E-state index < -0.39 is 0 Å². The van der Waals surface area contributed by atoms with Crippen LogP contribution in [0.1, 0.15) is 41.2 Å². The molecule has 6 heteroatoms. The molecule has 2 fully saturated rings. The largest absolute Gasteiger partial charge is 0.333 e. The van der Waals surface area contributed by atoms with Gasteiger partial charge in [0.2, 0.25) is 0 Å². The SMILES string of the molecule is NCCc1nc(C(=O)N2CCCC2CN2CCCC2)cs1. The lowest BCUT2D eigenvalue weighted by Crippen LogP contribution is -2.42. The second kappa shape index (κ2) is 6.85. The molecule has 1 aromatic rings. The molecule has 0 spiro atoms. The quantitative estimate of drug-likeness (QED) is 0.892. The lowest BCUT2D eigenvalue weighted by atomic mass is 10.2. The van der Waals surface area contributed by atoms with Crippen molar-refractivity contribution in [2.75, 3.05) is 32.7 Å². The molecule has 0 bridgehead atoms. The van der Waals surface area contributed by atoms with E-state index in [1.807, 2.05) is 10.3 Å². The molecule has 0 radical (unpaired) electrons. The fourth-order valence-electron chi connectivity index (χ4n) is 3.35. The summed E-state index contributed by atoms with van der Waals surface area (Å²) in [7, 11) is 0. The van der Waals surface area contributed by atoms with Crippen molar-refractivity contribution in [2.24, 2.45) is 5.73 Å². The van der Waals surface area contributed by atoms with E-state index in [1.54, 1.807) is 11.3 Å². The topological polar surface area (TPSA) is 62.5 Å². The van der Waals surface area contributed by atoms with Crippen LogP contribution in [0.4, 0.5) is 0 Å². The number of thiazole rings is 1. The van der Waals surface area contributed by atoms with E-state index in [2.05, 4.69) is 9.88 Å². The molecule has 21 heavy (non-hydrogen) atoms. The van der Waals surface area contributed by atoms with Gasteiger partial charge in [-0.25, -0.2) is 4.98 Å². The zero-order valence-corrected chi connectivity index (χ0v) is 13.3. The van der Waals surface area contributed by atoms with Gasteiger partial charge < -0.3 is 15.5 Å². The smallest absolute Gasteiger partial charge is 0.273 e. The van der Waals surface area contributed by atoms with Crippen molar-refractivity contribution in [2.45, 2.75) is 38.1 Å². The average molecular weight is 308 g/mol. The zero-order valence-electron chi connectivity index (χ0n) is 12.5. The van der Waals surface area contributed by atoms with Crippen LogP contribution in [-0.4, -0.2) is 59.5 Å². The molecule has 0 aliphatic carbocycles. The molecular weight excluding hydrogens is 284 g/mol. The van der Waals surface area contributed by atoms with E-state index in [4.69, 9.17) is 5.73 Å².